The summed E-state index contributed by atoms with van der Waals surface area (Å²) >= 11 is 0. The molecule has 2 aliphatic carbocycles. The number of allylic oxidation sites excluding steroid dienone is 8. The van der Waals surface area contributed by atoms with Crippen LogP contribution in [0, 0.1) is 0 Å². The highest BCUT2D eigenvalue weighted by Gasteiger charge is 2.04. The molecule has 0 fully saturated rings. The summed E-state index contributed by atoms with van der Waals surface area (Å²) in [5.74, 6) is 0. The lowest BCUT2D eigenvalue weighted by Crippen LogP contribution is -1.91. The molecule has 2 rings (SSSR count). The van der Waals surface area contributed by atoms with Crippen LogP contribution in [0.15, 0.2) is 47.6 Å². The molecule has 0 atom stereocenters. The first-order valence-electron chi connectivity index (χ1n) is 2.74. The highest BCUT2D eigenvalue weighted by atomic mass is 14.1. The molecule has 0 heteroatoms. The maximum absolute atomic E-state index is 2.12. The fraction of sp³-hybridized carbons (Fsp3) is 0. The third kappa shape index (κ3) is 0.348. The zero-order chi connectivity index (χ0) is 5.40. The van der Waals surface area contributed by atoms with Gasteiger partial charge < -0.3 is 0 Å². The molecule has 0 unspecified atom stereocenters. The lowest BCUT2D eigenvalue weighted by Gasteiger charge is -2.11. The summed E-state index contributed by atoms with van der Waals surface area (Å²) in [6, 6.07) is 0. The minimum atomic E-state index is 1.37. The molecule has 38 valence electrons. The third-order valence-corrected chi connectivity index (χ3v) is 1.44. The average molecular weight is 102 g/mol. The minimum absolute atomic E-state index is 1.37. The Morgan fingerprint density at radius 1 is 0.750 bits per heavy atom. The molecule has 0 radical (unpaired) electrons. The van der Waals surface area contributed by atoms with Gasteiger partial charge in [0.05, 0.1) is 0 Å². The van der Waals surface area contributed by atoms with Crippen LogP contribution in [0.3, 0.4) is 0 Å². The van der Waals surface area contributed by atoms with Crippen LogP contribution in [-0.4, -0.2) is 0 Å². The van der Waals surface area contributed by atoms with Crippen LogP contribution in [0.5, 0.6) is 0 Å². The molecule has 0 spiro atoms. The quantitative estimate of drug-likeness (QED) is 0.475. The van der Waals surface area contributed by atoms with Crippen molar-refractivity contribution in [3.05, 3.63) is 47.6 Å². The van der Waals surface area contributed by atoms with Crippen molar-refractivity contribution in [1.29, 1.82) is 0 Å². The molecule has 0 amide bonds. The standard InChI is InChI=1S/C8H6/c1-3-7(4-1)8-5-2-6-8/h1-6H. The van der Waals surface area contributed by atoms with Gasteiger partial charge in [-0.2, -0.15) is 0 Å². The van der Waals surface area contributed by atoms with Gasteiger partial charge in [-0.05, 0) is 11.1 Å². The van der Waals surface area contributed by atoms with Gasteiger partial charge in [-0.3, -0.25) is 0 Å². The zero-order valence-electron chi connectivity index (χ0n) is 4.46. The van der Waals surface area contributed by atoms with Crippen molar-refractivity contribution in [1.82, 2.24) is 0 Å². The predicted molar refractivity (Wildman–Crippen MR) is 34.4 cm³/mol. The number of hydrogen-bond donors (Lipinski definition) is 0. The van der Waals surface area contributed by atoms with Crippen LogP contribution in [-0.2, 0) is 0 Å². The van der Waals surface area contributed by atoms with Gasteiger partial charge in [0.1, 0.15) is 0 Å². The van der Waals surface area contributed by atoms with E-state index in [4.69, 9.17) is 0 Å². The van der Waals surface area contributed by atoms with E-state index in [1.807, 2.05) is 0 Å². The summed E-state index contributed by atoms with van der Waals surface area (Å²) in [4.78, 5) is 0. The Labute approximate surface area is 48.5 Å². The minimum Gasteiger partial charge on any atom is -0.0610 e. The first kappa shape index (κ1) is 3.90. The highest BCUT2D eigenvalue weighted by Crippen LogP contribution is 2.23. The lowest BCUT2D eigenvalue weighted by molar-refractivity contribution is 1.44. The first-order chi connectivity index (χ1) is 3.97. The zero-order valence-corrected chi connectivity index (χ0v) is 4.46. The van der Waals surface area contributed by atoms with Crippen molar-refractivity contribution >= 4 is 0 Å². The Morgan fingerprint density at radius 3 is 1.25 bits per heavy atom. The Hall–Kier alpha value is -1.04. The summed E-state index contributed by atoms with van der Waals surface area (Å²) < 4.78 is 0. The van der Waals surface area contributed by atoms with Crippen LogP contribution < -0.4 is 0 Å². The van der Waals surface area contributed by atoms with E-state index in [0.29, 0.717) is 0 Å². The second-order valence-corrected chi connectivity index (χ2v) is 1.96. The molecule has 2 aliphatic rings. The molecule has 8 heavy (non-hydrogen) atoms. The molecule has 0 saturated heterocycles. The van der Waals surface area contributed by atoms with Crippen LogP contribution in [0.2, 0.25) is 0 Å². The molecule has 0 aliphatic heterocycles. The summed E-state index contributed by atoms with van der Waals surface area (Å²) in [7, 11) is 0. The van der Waals surface area contributed by atoms with Crippen molar-refractivity contribution in [2.75, 3.05) is 0 Å². The van der Waals surface area contributed by atoms with E-state index in [-0.39, 0.29) is 0 Å². The third-order valence-electron chi connectivity index (χ3n) is 1.44. The molecular weight excluding hydrogens is 96.1 g/mol. The van der Waals surface area contributed by atoms with Gasteiger partial charge in [-0.25, -0.2) is 0 Å². The first-order valence-corrected chi connectivity index (χ1v) is 2.74. The Kier molecular flexibility index (Phi) is 0.595. The second-order valence-electron chi connectivity index (χ2n) is 1.96. The molecule has 0 aromatic heterocycles. The van der Waals surface area contributed by atoms with Crippen LogP contribution in [0.4, 0.5) is 0 Å². The van der Waals surface area contributed by atoms with Gasteiger partial charge in [0.25, 0.3) is 0 Å². The van der Waals surface area contributed by atoms with E-state index < -0.39 is 0 Å². The van der Waals surface area contributed by atoms with E-state index in [2.05, 4.69) is 36.5 Å². The maximum Gasteiger partial charge on any atom is -0.0184 e. The summed E-state index contributed by atoms with van der Waals surface area (Å²) in [6.07, 6.45) is 12.6. The smallest absolute Gasteiger partial charge is 0.0184 e. The van der Waals surface area contributed by atoms with Crippen molar-refractivity contribution in [2.24, 2.45) is 0 Å². The molecule has 0 N–H and O–H groups in total. The van der Waals surface area contributed by atoms with Gasteiger partial charge in [-0.1, -0.05) is 36.5 Å². The van der Waals surface area contributed by atoms with Gasteiger partial charge in [0, 0.05) is 0 Å². The lowest BCUT2D eigenvalue weighted by atomic mass is 9.94. The molecule has 0 bridgehead atoms. The summed E-state index contributed by atoms with van der Waals surface area (Å²) in [5, 5.41) is 0. The summed E-state index contributed by atoms with van der Waals surface area (Å²) in [6.45, 7) is 0. The molecule has 0 saturated carbocycles. The van der Waals surface area contributed by atoms with E-state index in [0.717, 1.165) is 0 Å². The molecule has 0 heterocycles. The molecule has 0 aromatic carbocycles. The van der Waals surface area contributed by atoms with Crippen LogP contribution >= 0.6 is 0 Å². The fourth-order valence-electron chi connectivity index (χ4n) is 0.770. The number of rotatable bonds is 1. The maximum atomic E-state index is 2.12. The Morgan fingerprint density at radius 2 is 1.12 bits per heavy atom. The van der Waals surface area contributed by atoms with E-state index >= 15 is 0 Å². The van der Waals surface area contributed by atoms with E-state index in [1.165, 1.54) is 11.1 Å². The molecule has 0 nitrogen and oxygen atoms in total. The van der Waals surface area contributed by atoms with Crippen molar-refractivity contribution < 1.29 is 0 Å². The largest absolute Gasteiger partial charge is 0.0610 e. The normalized spacial score (nSPS) is 21.0. The topological polar surface area (TPSA) is 0 Å². The second kappa shape index (κ2) is 1.22. The van der Waals surface area contributed by atoms with Crippen LogP contribution in [0.1, 0.15) is 0 Å². The Bertz CT molecular complexity index is 198. The monoisotopic (exact) mass is 102 g/mol. The SMILES string of the molecule is C1=CC(C2=CC=C2)=C1. The van der Waals surface area contributed by atoms with Gasteiger partial charge >= 0.3 is 0 Å². The Balaban J connectivity index is 2.19. The number of hydrogen-bond acceptors (Lipinski definition) is 0. The predicted octanol–water partition coefficient (Wildman–Crippen LogP) is 1.98. The average Bonchev–Trinajstić information content (AvgIpc) is 1.47. The fourth-order valence-corrected chi connectivity index (χ4v) is 0.770. The van der Waals surface area contributed by atoms with Gasteiger partial charge in [-0.15, -0.1) is 0 Å². The van der Waals surface area contributed by atoms with Gasteiger partial charge in [0.2, 0.25) is 0 Å². The highest BCUT2D eigenvalue weighted by molar-refractivity contribution is 5.59. The van der Waals surface area contributed by atoms with Crippen molar-refractivity contribution in [3.8, 4) is 0 Å². The van der Waals surface area contributed by atoms with E-state index in [9.17, 15) is 0 Å². The van der Waals surface area contributed by atoms with Crippen molar-refractivity contribution in [2.45, 2.75) is 0 Å². The van der Waals surface area contributed by atoms with Gasteiger partial charge in [0.15, 0.2) is 0 Å². The molecule has 0 aromatic rings. The van der Waals surface area contributed by atoms with E-state index in [1.54, 1.807) is 0 Å². The summed E-state index contributed by atoms with van der Waals surface area (Å²) in [5.41, 5.74) is 2.74. The van der Waals surface area contributed by atoms with Crippen LogP contribution in [0.25, 0.3) is 0 Å². The molecular formula is C8H6. The van der Waals surface area contributed by atoms with Crippen molar-refractivity contribution in [3.63, 3.8) is 0 Å².